The smallest absolute Gasteiger partial charge is 0.271 e. The Morgan fingerprint density at radius 3 is 2.31 bits per heavy atom. The third kappa shape index (κ3) is 4.82. The van der Waals surface area contributed by atoms with Crippen LogP contribution in [0.4, 0.5) is 15.8 Å². The normalized spacial score (nSPS) is 10.9. The fourth-order valence-electron chi connectivity index (χ4n) is 2.17. The lowest BCUT2D eigenvalue weighted by Crippen LogP contribution is -2.34. The SMILES string of the molecule is CC(C)(C)c1ccc(C(=O)NC(=S)Nc2cc([N+](=O)[O-])ccc2F)cc1. The number of hydrogen-bond acceptors (Lipinski definition) is 4. The lowest BCUT2D eigenvalue weighted by Gasteiger charge is -2.19. The monoisotopic (exact) mass is 375 g/mol. The zero-order valence-corrected chi connectivity index (χ0v) is 15.3. The topological polar surface area (TPSA) is 84.3 Å². The Morgan fingerprint density at radius 2 is 1.77 bits per heavy atom. The number of thiocarbonyl (C=S) groups is 1. The van der Waals surface area contributed by atoms with Gasteiger partial charge in [0.1, 0.15) is 5.82 Å². The van der Waals surface area contributed by atoms with Crippen LogP contribution in [0.2, 0.25) is 0 Å². The van der Waals surface area contributed by atoms with Crippen molar-refractivity contribution >= 4 is 34.6 Å². The summed E-state index contributed by atoms with van der Waals surface area (Å²) in [5.41, 5.74) is 0.953. The standard InChI is InChI=1S/C18H18FN3O3S/c1-18(2,3)12-6-4-11(5-7-12)16(23)21-17(26)20-15-10-13(22(24)25)8-9-14(15)19/h4-10H,1-3H3,(H2,20,21,23,26). The molecule has 0 aliphatic heterocycles. The molecule has 0 radical (unpaired) electrons. The number of hydrogen-bond donors (Lipinski definition) is 2. The van der Waals surface area contributed by atoms with E-state index in [1.165, 1.54) is 0 Å². The molecule has 0 bridgehead atoms. The van der Waals surface area contributed by atoms with Crippen molar-refractivity contribution in [1.82, 2.24) is 5.32 Å². The number of carbonyl (C=O) groups is 1. The minimum Gasteiger partial charge on any atom is -0.330 e. The number of nitro benzene ring substituents is 1. The maximum absolute atomic E-state index is 13.8. The summed E-state index contributed by atoms with van der Waals surface area (Å²) in [6.07, 6.45) is 0. The molecule has 8 heteroatoms. The second kappa shape index (κ2) is 7.57. The van der Waals surface area contributed by atoms with Crippen LogP contribution in [-0.2, 0) is 5.41 Å². The molecular formula is C18H18FN3O3S. The number of amides is 1. The third-order valence-electron chi connectivity index (χ3n) is 3.65. The van der Waals surface area contributed by atoms with Gasteiger partial charge in [-0.1, -0.05) is 32.9 Å². The van der Waals surface area contributed by atoms with E-state index < -0.39 is 16.6 Å². The average Bonchev–Trinajstić information content (AvgIpc) is 2.55. The van der Waals surface area contributed by atoms with Gasteiger partial charge >= 0.3 is 0 Å². The Bertz CT molecular complexity index is 861. The van der Waals surface area contributed by atoms with Crippen LogP contribution in [-0.4, -0.2) is 15.9 Å². The molecule has 0 aromatic heterocycles. The highest BCUT2D eigenvalue weighted by molar-refractivity contribution is 7.80. The summed E-state index contributed by atoms with van der Waals surface area (Å²) >= 11 is 4.99. The Balaban J connectivity index is 2.07. The molecule has 0 aliphatic carbocycles. The first kappa shape index (κ1) is 19.5. The Morgan fingerprint density at radius 1 is 1.15 bits per heavy atom. The minimum absolute atomic E-state index is 0.0363. The Kier molecular flexibility index (Phi) is 5.66. The first-order chi connectivity index (χ1) is 12.1. The van der Waals surface area contributed by atoms with Gasteiger partial charge in [-0.3, -0.25) is 20.2 Å². The number of nitro groups is 1. The Hall–Kier alpha value is -2.87. The molecule has 2 N–H and O–H groups in total. The van der Waals surface area contributed by atoms with Crippen molar-refractivity contribution in [2.45, 2.75) is 26.2 Å². The third-order valence-corrected chi connectivity index (χ3v) is 3.85. The molecule has 0 atom stereocenters. The van der Waals surface area contributed by atoms with Crippen molar-refractivity contribution < 1.29 is 14.1 Å². The first-order valence-electron chi connectivity index (χ1n) is 7.75. The number of benzene rings is 2. The molecule has 0 heterocycles. The second-order valence-electron chi connectivity index (χ2n) is 6.66. The average molecular weight is 375 g/mol. The quantitative estimate of drug-likeness (QED) is 0.478. The number of anilines is 1. The van der Waals surface area contributed by atoms with E-state index in [4.69, 9.17) is 12.2 Å². The molecule has 26 heavy (non-hydrogen) atoms. The van der Waals surface area contributed by atoms with Crippen LogP contribution in [0, 0.1) is 15.9 Å². The molecule has 2 aromatic carbocycles. The molecule has 136 valence electrons. The van der Waals surface area contributed by atoms with Gasteiger partial charge in [0.05, 0.1) is 10.6 Å². The summed E-state index contributed by atoms with van der Waals surface area (Å²) < 4.78 is 13.8. The van der Waals surface area contributed by atoms with Gasteiger partial charge in [-0.15, -0.1) is 0 Å². The van der Waals surface area contributed by atoms with Crippen molar-refractivity contribution in [3.63, 3.8) is 0 Å². The largest absolute Gasteiger partial charge is 0.330 e. The van der Waals surface area contributed by atoms with Gasteiger partial charge in [-0.25, -0.2) is 4.39 Å². The van der Waals surface area contributed by atoms with Crippen LogP contribution in [0.25, 0.3) is 0 Å². The van der Waals surface area contributed by atoms with Gasteiger partial charge in [0.2, 0.25) is 0 Å². The molecule has 2 aromatic rings. The molecule has 0 saturated carbocycles. The summed E-state index contributed by atoms with van der Waals surface area (Å²) in [5, 5.41) is 15.5. The summed E-state index contributed by atoms with van der Waals surface area (Å²) in [6.45, 7) is 6.19. The van der Waals surface area contributed by atoms with Gasteiger partial charge in [-0.2, -0.15) is 0 Å². The van der Waals surface area contributed by atoms with Crippen LogP contribution in [0.15, 0.2) is 42.5 Å². The first-order valence-corrected chi connectivity index (χ1v) is 8.15. The molecule has 0 saturated heterocycles. The number of nitrogens with one attached hydrogen (secondary N) is 2. The highest BCUT2D eigenvalue weighted by Crippen LogP contribution is 2.23. The molecule has 1 amide bonds. The number of carbonyl (C=O) groups excluding carboxylic acids is 1. The lowest BCUT2D eigenvalue weighted by molar-refractivity contribution is -0.384. The fraction of sp³-hybridized carbons (Fsp3) is 0.222. The highest BCUT2D eigenvalue weighted by Gasteiger charge is 2.16. The lowest BCUT2D eigenvalue weighted by atomic mass is 9.87. The molecule has 2 rings (SSSR count). The van der Waals surface area contributed by atoms with E-state index in [0.717, 1.165) is 23.8 Å². The number of rotatable bonds is 3. The van der Waals surface area contributed by atoms with E-state index in [2.05, 4.69) is 31.4 Å². The van der Waals surface area contributed by atoms with Crippen LogP contribution in [0.3, 0.4) is 0 Å². The van der Waals surface area contributed by atoms with E-state index in [1.807, 2.05) is 12.1 Å². The van der Waals surface area contributed by atoms with Gasteiger partial charge in [0, 0.05) is 17.7 Å². The molecule has 0 spiro atoms. The van der Waals surface area contributed by atoms with E-state index in [1.54, 1.807) is 12.1 Å². The predicted molar refractivity (Wildman–Crippen MR) is 102 cm³/mol. The molecule has 0 fully saturated rings. The van der Waals surface area contributed by atoms with Gasteiger partial charge in [0.15, 0.2) is 5.11 Å². The van der Waals surface area contributed by atoms with Crippen LogP contribution >= 0.6 is 12.2 Å². The van der Waals surface area contributed by atoms with Crippen molar-refractivity contribution in [1.29, 1.82) is 0 Å². The molecule has 0 aliphatic rings. The number of nitrogens with zero attached hydrogens (tertiary/aromatic N) is 1. The van der Waals surface area contributed by atoms with E-state index in [9.17, 15) is 19.3 Å². The van der Waals surface area contributed by atoms with Gasteiger partial charge < -0.3 is 5.32 Å². The van der Waals surface area contributed by atoms with E-state index in [0.29, 0.717) is 5.56 Å². The fourth-order valence-corrected chi connectivity index (χ4v) is 2.38. The maximum Gasteiger partial charge on any atom is 0.271 e. The molecule has 6 nitrogen and oxygen atoms in total. The van der Waals surface area contributed by atoms with Crippen LogP contribution in [0.1, 0.15) is 36.7 Å². The Labute approximate surface area is 155 Å². The number of non-ortho nitro benzene ring substituents is 1. The summed E-state index contributed by atoms with van der Waals surface area (Å²) in [7, 11) is 0. The van der Waals surface area contributed by atoms with Gasteiger partial charge in [-0.05, 0) is 41.4 Å². The highest BCUT2D eigenvalue weighted by atomic mass is 32.1. The minimum atomic E-state index is -0.721. The number of halogens is 1. The zero-order chi connectivity index (χ0) is 19.5. The summed E-state index contributed by atoms with van der Waals surface area (Å²) in [6, 6.07) is 10.1. The summed E-state index contributed by atoms with van der Waals surface area (Å²) in [5.74, 6) is -1.18. The van der Waals surface area contributed by atoms with E-state index >= 15 is 0 Å². The van der Waals surface area contributed by atoms with Crippen LogP contribution < -0.4 is 10.6 Å². The molecular weight excluding hydrogens is 357 g/mol. The van der Waals surface area contributed by atoms with E-state index in [-0.39, 0.29) is 21.9 Å². The second-order valence-corrected chi connectivity index (χ2v) is 7.07. The van der Waals surface area contributed by atoms with Crippen LogP contribution in [0.5, 0.6) is 0 Å². The summed E-state index contributed by atoms with van der Waals surface area (Å²) in [4.78, 5) is 22.3. The van der Waals surface area contributed by atoms with Crippen molar-refractivity contribution in [3.8, 4) is 0 Å². The maximum atomic E-state index is 13.8. The van der Waals surface area contributed by atoms with Gasteiger partial charge in [0.25, 0.3) is 11.6 Å². The predicted octanol–water partition coefficient (Wildman–Crippen LogP) is 4.16. The molecule has 0 unspecified atom stereocenters. The van der Waals surface area contributed by atoms with Crippen molar-refractivity contribution in [3.05, 3.63) is 69.5 Å². The van der Waals surface area contributed by atoms with Crippen molar-refractivity contribution in [2.75, 3.05) is 5.32 Å². The zero-order valence-electron chi connectivity index (χ0n) is 14.5. The van der Waals surface area contributed by atoms with Crippen molar-refractivity contribution in [2.24, 2.45) is 0 Å².